The maximum atomic E-state index is 11.8. The van der Waals surface area contributed by atoms with Crippen LogP contribution < -0.4 is 10.2 Å². The smallest absolute Gasteiger partial charge is 0.407 e. The van der Waals surface area contributed by atoms with Crippen molar-refractivity contribution in [1.29, 1.82) is 5.26 Å². The maximum Gasteiger partial charge on any atom is 0.407 e. The number of nitrogens with zero attached hydrogens (tertiary/aromatic N) is 3. The normalized spacial score (nSPS) is 17.9. The Bertz CT molecular complexity index is 574. The van der Waals surface area contributed by atoms with Crippen molar-refractivity contribution in [3.8, 4) is 6.07 Å². The third-order valence-electron chi connectivity index (χ3n) is 3.44. The van der Waals surface area contributed by atoms with E-state index >= 15 is 0 Å². The molecule has 6 heteroatoms. The van der Waals surface area contributed by atoms with Crippen LogP contribution in [-0.2, 0) is 4.74 Å². The predicted octanol–water partition coefficient (Wildman–Crippen LogP) is 2.45. The van der Waals surface area contributed by atoms with Gasteiger partial charge in [-0.1, -0.05) is 0 Å². The first-order chi connectivity index (χ1) is 10.4. The minimum absolute atomic E-state index is 0.134. The lowest BCUT2D eigenvalue weighted by atomic mass is 10.2. The van der Waals surface area contributed by atoms with Gasteiger partial charge in [0.05, 0.1) is 5.56 Å². The van der Waals surface area contributed by atoms with Crippen molar-refractivity contribution in [2.75, 3.05) is 18.0 Å². The molecule has 1 amide bonds. The first kappa shape index (κ1) is 16.1. The Balaban J connectivity index is 2.00. The Morgan fingerprint density at radius 2 is 2.36 bits per heavy atom. The number of pyridine rings is 1. The second kappa shape index (κ2) is 6.65. The molecule has 1 aliphatic heterocycles. The van der Waals surface area contributed by atoms with Gasteiger partial charge in [0.2, 0.25) is 0 Å². The average molecular weight is 302 g/mol. The molecule has 0 bridgehead atoms. The summed E-state index contributed by atoms with van der Waals surface area (Å²) in [5.74, 6) is 0.693. The van der Waals surface area contributed by atoms with Gasteiger partial charge in [-0.3, -0.25) is 0 Å². The zero-order valence-corrected chi connectivity index (χ0v) is 13.3. The van der Waals surface area contributed by atoms with Crippen LogP contribution >= 0.6 is 0 Å². The number of hydrogen-bond donors (Lipinski definition) is 1. The van der Waals surface area contributed by atoms with E-state index in [-0.39, 0.29) is 6.04 Å². The summed E-state index contributed by atoms with van der Waals surface area (Å²) in [6.07, 6.45) is 3.24. The summed E-state index contributed by atoms with van der Waals surface area (Å²) in [6, 6.07) is 5.83. The van der Waals surface area contributed by atoms with Gasteiger partial charge in [-0.2, -0.15) is 5.26 Å². The lowest BCUT2D eigenvalue weighted by molar-refractivity contribution is 0.0525. The lowest BCUT2D eigenvalue weighted by Crippen LogP contribution is -2.42. The fourth-order valence-corrected chi connectivity index (χ4v) is 2.56. The summed E-state index contributed by atoms with van der Waals surface area (Å²) >= 11 is 0. The van der Waals surface area contributed by atoms with Crippen molar-refractivity contribution in [2.24, 2.45) is 0 Å². The van der Waals surface area contributed by atoms with Crippen molar-refractivity contribution in [1.82, 2.24) is 10.3 Å². The molecule has 1 N–H and O–H groups in total. The molecule has 1 atom stereocenters. The van der Waals surface area contributed by atoms with E-state index in [2.05, 4.69) is 21.3 Å². The molecule has 6 nitrogen and oxygen atoms in total. The fourth-order valence-electron chi connectivity index (χ4n) is 2.56. The first-order valence-electron chi connectivity index (χ1n) is 7.49. The van der Waals surface area contributed by atoms with Crippen LogP contribution in [0.1, 0.15) is 39.2 Å². The molecule has 22 heavy (non-hydrogen) atoms. The van der Waals surface area contributed by atoms with E-state index in [1.807, 2.05) is 20.8 Å². The molecule has 1 aromatic heterocycles. The van der Waals surface area contributed by atoms with Crippen molar-refractivity contribution in [2.45, 2.75) is 45.3 Å². The molecule has 2 heterocycles. The third-order valence-corrected chi connectivity index (χ3v) is 3.44. The number of alkyl carbamates (subject to hydrolysis) is 1. The number of carbonyl (C=O) groups excluding carboxylic acids is 1. The van der Waals surface area contributed by atoms with E-state index in [1.165, 1.54) is 0 Å². The molecule has 118 valence electrons. The minimum Gasteiger partial charge on any atom is -0.444 e. The van der Waals surface area contributed by atoms with Crippen LogP contribution in [0.5, 0.6) is 0 Å². The van der Waals surface area contributed by atoms with Gasteiger partial charge in [0.15, 0.2) is 0 Å². The monoisotopic (exact) mass is 302 g/mol. The Kier molecular flexibility index (Phi) is 4.86. The number of ether oxygens (including phenoxy) is 1. The number of amides is 1. The largest absolute Gasteiger partial charge is 0.444 e. The van der Waals surface area contributed by atoms with Gasteiger partial charge in [-0.15, -0.1) is 0 Å². The van der Waals surface area contributed by atoms with Crippen molar-refractivity contribution < 1.29 is 9.53 Å². The number of nitriles is 1. The Morgan fingerprint density at radius 1 is 1.59 bits per heavy atom. The Labute approximate surface area is 131 Å². The summed E-state index contributed by atoms with van der Waals surface area (Å²) in [5.41, 5.74) is 0.0562. The molecule has 0 spiro atoms. The Morgan fingerprint density at radius 3 is 3.05 bits per heavy atom. The van der Waals surface area contributed by atoms with Crippen molar-refractivity contribution in [3.63, 3.8) is 0 Å². The number of anilines is 1. The highest BCUT2D eigenvalue weighted by molar-refractivity contribution is 5.68. The van der Waals surface area contributed by atoms with Crippen LogP contribution in [0.2, 0.25) is 0 Å². The van der Waals surface area contributed by atoms with Crippen LogP contribution in [0.3, 0.4) is 0 Å². The zero-order valence-electron chi connectivity index (χ0n) is 13.3. The minimum atomic E-state index is -0.506. The maximum absolute atomic E-state index is 11.8. The van der Waals surface area contributed by atoms with Crippen LogP contribution in [-0.4, -0.2) is 35.8 Å². The fraction of sp³-hybridized carbons (Fsp3) is 0.562. The van der Waals surface area contributed by atoms with Gasteiger partial charge in [0.25, 0.3) is 0 Å². The number of rotatable bonds is 3. The second-order valence-corrected chi connectivity index (χ2v) is 6.36. The third kappa shape index (κ3) is 4.10. The van der Waals surface area contributed by atoms with Crippen molar-refractivity contribution >= 4 is 11.9 Å². The molecule has 0 aliphatic carbocycles. The summed E-state index contributed by atoms with van der Waals surface area (Å²) in [5, 5.41) is 12.0. The molecule has 0 radical (unpaired) electrons. The topological polar surface area (TPSA) is 78.2 Å². The molecular formula is C16H22N4O2. The summed E-state index contributed by atoms with van der Waals surface area (Å²) in [6.45, 7) is 6.83. The average Bonchev–Trinajstić information content (AvgIpc) is 2.91. The lowest BCUT2D eigenvalue weighted by Gasteiger charge is -2.27. The van der Waals surface area contributed by atoms with Crippen molar-refractivity contribution in [3.05, 3.63) is 23.9 Å². The van der Waals surface area contributed by atoms with E-state index in [4.69, 9.17) is 4.74 Å². The molecule has 0 saturated carbocycles. The van der Waals surface area contributed by atoms with Gasteiger partial charge in [-0.05, 0) is 45.7 Å². The molecule has 1 aliphatic rings. The highest BCUT2D eigenvalue weighted by atomic mass is 16.6. The van der Waals surface area contributed by atoms with E-state index in [0.29, 0.717) is 17.9 Å². The quantitative estimate of drug-likeness (QED) is 0.928. The number of nitrogens with one attached hydrogen (secondary N) is 1. The molecule has 1 fully saturated rings. The van der Waals surface area contributed by atoms with E-state index in [1.54, 1.807) is 18.3 Å². The van der Waals surface area contributed by atoms with Gasteiger partial charge in [0, 0.05) is 25.3 Å². The molecule has 2 rings (SSSR count). The Hall–Kier alpha value is -2.29. The molecule has 1 aromatic rings. The molecule has 1 saturated heterocycles. The van der Waals surface area contributed by atoms with Gasteiger partial charge in [-0.25, -0.2) is 9.78 Å². The van der Waals surface area contributed by atoms with E-state index < -0.39 is 11.7 Å². The zero-order chi connectivity index (χ0) is 16.2. The SMILES string of the molecule is CC(C)(C)OC(=O)NCC1CCCN1c1ncccc1C#N. The van der Waals surface area contributed by atoms with Crippen LogP contribution in [0, 0.1) is 11.3 Å². The number of carbonyl (C=O) groups is 1. The first-order valence-corrected chi connectivity index (χ1v) is 7.49. The molecular weight excluding hydrogens is 280 g/mol. The van der Waals surface area contributed by atoms with Crippen LogP contribution in [0.15, 0.2) is 18.3 Å². The standard InChI is InChI=1S/C16H22N4O2/c1-16(2,3)22-15(21)19-11-13-7-5-9-20(13)14-12(10-17)6-4-8-18-14/h4,6,8,13H,5,7,9,11H2,1-3H3,(H,19,21). The highest BCUT2D eigenvalue weighted by Crippen LogP contribution is 2.26. The van der Waals surface area contributed by atoms with Gasteiger partial charge >= 0.3 is 6.09 Å². The summed E-state index contributed by atoms with van der Waals surface area (Å²) < 4.78 is 5.25. The second-order valence-electron chi connectivity index (χ2n) is 6.36. The highest BCUT2D eigenvalue weighted by Gasteiger charge is 2.28. The van der Waals surface area contributed by atoms with E-state index in [0.717, 1.165) is 19.4 Å². The van der Waals surface area contributed by atoms with E-state index in [9.17, 15) is 10.1 Å². The predicted molar refractivity (Wildman–Crippen MR) is 83.6 cm³/mol. The molecule has 1 unspecified atom stereocenters. The summed E-state index contributed by atoms with van der Waals surface area (Å²) in [4.78, 5) is 18.2. The van der Waals surface area contributed by atoms with Gasteiger partial charge in [0.1, 0.15) is 17.5 Å². The van der Waals surface area contributed by atoms with Crippen LogP contribution in [0.4, 0.5) is 10.6 Å². The van der Waals surface area contributed by atoms with Crippen LogP contribution in [0.25, 0.3) is 0 Å². The van der Waals surface area contributed by atoms with Gasteiger partial charge < -0.3 is 15.0 Å². The number of hydrogen-bond acceptors (Lipinski definition) is 5. The molecule has 0 aromatic carbocycles. The number of aromatic nitrogens is 1. The summed E-state index contributed by atoms with van der Waals surface area (Å²) in [7, 11) is 0.